The lowest BCUT2D eigenvalue weighted by atomic mass is 10.3. The molecule has 0 saturated heterocycles. The maximum absolute atomic E-state index is 10.4. The number of hydrogen-bond acceptors (Lipinski definition) is 3. The van der Waals surface area contributed by atoms with E-state index >= 15 is 0 Å². The number of aliphatic hydroxyl groups excluding tert-OH is 1. The van der Waals surface area contributed by atoms with Crippen molar-refractivity contribution in [2.75, 3.05) is 0 Å². The second-order valence-electron chi connectivity index (χ2n) is 2.15. The van der Waals surface area contributed by atoms with E-state index in [0.29, 0.717) is 6.42 Å². The highest BCUT2D eigenvalue weighted by Gasteiger charge is 2.06. The van der Waals surface area contributed by atoms with Gasteiger partial charge in [0, 0.05) is 0 Å². The van der Waals surface area contributed by atoms with Crippen molar-refractivity contribution in [2.45, 2.75) is 26.5 Å². The molecule has 11 heavy (non-hydrogen) atoms. The van der Waals surface area contributed by atoms with Gasteiger partial charge in [-0.2, -0.15) is 0 Å². The summed E-state index contributed by atoms with van der Waals surface area (Å²) >= 11 is 0. The van der Waals surface area contributed by atoms with Gasteiger partial charge in [0.25, 0.3) is 0 Å². The smallest absolute Gasteiger partial charge is 0.351 e. The SMILES string of the molecule is CC/C=C(/NC(C)O)C(=O)O. The molecule has 0 aromatic rings. The van der Waals surface area contributed by atoms with Crippen molar-refractivity contribution in [3.63, 3.8) is 0 Å². The van der Waals surface area contributed by atoms with Crippen LogP contribution in [-0.4, -0.2) is 22.4 Å². The van der Waals surface area contributed by atoms with Crippen LogP contribution in [0.4, 0.5) is 0 Å². The van der Waals surface area contributed by atoms with Gasteiger partial charge < -0.3 is 15.5 Å². The second-order valence-corrected chi connectivity index (χ2v) is 2.15. The summed E-state index contributed by atoms with van der Waals surface area (Å²) in [4.78, 5) is 10.4. The van der Waals surface area contributed by atoms with Gasteiger partial charge in [-0.15, -0.1) is 0 Å². The molecule has 0 spiro atoms. The highest BCUT2D eigenvalue weighted by molar-refractivity contribution is 5.85. The molecule has 1 atom stereocenters. The van der Waals surface area contributed by atoms with E-state index in [0.717, 1.165) is 0 Å². The molecule has 0 bridgehead atoms. The molecule has 0 heterocycles. The number of hydrogen-bond donors (Lipinski definition) is 3. The molecule has 0 radical (unpaired) electrons. The third-order valence-electron chi connectivity index (χ3n) is 1.00. The molecule has 0 aromatic carbocycles. The van der Waals surface area contributed by atoms with Crippen LogP contribution >= 0.6 is 0 Å². The predicted octanol–water partition coefficient (Wildman–Crippen LogP) is 0.293. The first-order valence-electron chi connectivity index (χ1n) is 3.46. The van der Waals surface area contributed by atoms with Crippen LogP contribution in [0, 0.1) is 0 Å². The topological polar surface area (TPSA) is 69.6 Å². The molecule has 0 saturated carbocycles. The van der Waals surface area contributed by atoms with Crippen LogP contribution in [0.15, 0.2) is 11.8 Å². The van der Waals surface area contributed by atoms with E-state index in [1.54, 1.807) is 0 Å². The molecule has 1 unspecified atom stereocenters. The maximum atomic E-state index is 10.4. The summed E-state index contributed by atoms with van der Waals surface area (Å²) in [5, 5.41) is 19.7. The lowest BCUT2D eigenvalue weighted by molar-refractivity contribution is -0.133. The molecule has 0 aliphatic rings. The fourth-order valence-corrected chi connectivity index (χ4v) is 0.637. The van der Waals surface area contributed by atoms with E-state index in [4.69, 9.17) is 10.2 Å². The van der Waals surface area contributed by atoms with Gasteiger partial charge in [-0.25, -0.2) is 4.79 Å². The summed E-state index contributed by atoms with van der Waals surface area (Å²) in [6.07, 6.45) is 1.31. The summed E-state index contributed by atoms with van der Waals surface area (Å²) < 4.78 is 0. The Morgan fingerprint density at radius 2 is 2.27 bits per heavy atom. The highest BCUT2D eigenvalue weighted by atomic mass is 16.4. The minimum atomic E-state index is -1.05. The van der Waals surface area contributed by atoms with Crippen molar-refractivity contribution in [3.8, 4) is 0 Å². The van der Waals surface area contributed by atoms with Crippen molar-refractivity contribution in [2.24, 2.45) is 0 Å². The number of aliphatic hydroxyl groups is 1. The maximum Gasteiger partial charge on any atom is 0.351 e. The lowest BCUT2D eigenvalue weighted by Crippen LogP contribution is -2.28. The predicted molar refractivity (Wildman–Crippen MR) is 40.8 cm³/mol. The molecule has 0 aliphatic carbocycles. The van der Waals surface area contributed by atoms with Crippen molar-refractivity contribution in [3.05, 3.63) is 11.8 Å². The van der Waals surface area contributed by atoms with Crippen molar-refractivity contribution < 1.29 is 15.0 Å². The molecule has 64 valence electrons. The highest BCUT2D eigenvalue weighted by Crippen LogP contribution is 1.93. The van der Waals surface area contributed by atoms with Crippen LogP contribution < -0.4 is 5.32 Å². The summed E-state index contributed by atoms with van der Waals surface area (Å²) in [5.41, 5.74) is 0.0440. The molecule has 4 nitrogen and oxygen atoms in total. The average molecular weight is 159 g/mol. The van der Waals surface area contributed by atoms with E-state index < -0.39 is 12.2 Å². The number of carboxylic acid groups (broad SMARTS) is 1. The average Bonchev–Trinajstić information content (AvgIpc) is 1.86. The third kappa shape index (κ3) is 4.38. The first kappa shape index (κ1) is 9.97. The zero-order valence-electron chi connectivity index (χ0n) is 6.66. The van der Waals surface area contributed by atoms with Crippen molar-refractivity contribution in [1.29, 1.82) is 0 Å². The Bertz CT molecular complexity index is 163. The first-order valence-corrected chi connectivity index (χ1v) is 3.46. The number of allylic oxidation sites excluding steroid dienone is 1. The third-order valence-corrected chi connectivity index (χ3v) is 1.00. The minimum absolute atomic E-state index is 0.0440. The number of aliphatic carboxylic acids is 1. The van der Waals surface area contributed by atoms with Crippen LogP contribution in [0.2, 0.25) is 0 Å². The Morgan fingerprint density at radius 3 is 2.55 bits per heavy atom. The van der Waals surface area contributed by atoms with Crippen molar-refractivity contribution in [1.82, 2.24) is 5.32 Å². The largest absolute Gasteiger partial charge is 0.477 e. The molecule has 0 aromatic heterocycles. The van der Waals surface area contributed by atoms with E-state index in [1.165, 1.54) is 13.0 Å². The van der Waals surface area contributed by atoms with Crippen LogP contribution in [0.5, 0.6) is 0 Å². The summed E-state index contributed by atoms with van der Waals surface area (Å²) in [5.74, 6) is -1.05. The van der Waals surface area contributed by atoms with E-state index in [2.05, 4.69) is 5.32 Å². The molecule has 0 amide bonds. The van der Waals surface area contributed by atoms with Crippen LogP contribution in [0.1, 0.15) is 20.3 Å². The fourth-order valence-electron chi connectivity index (χ4n) is 0.637. The van der Waals surface area contributed by atoms with Gasteiger partial charge in [0.05, 0.1) is 0 Å². The summed E-state index contributed by atoms with van der Waals surface area (Å²) in [6, 6.07) is 0. The Hall–Kier alpha value is -1.03. The molecular weight excluding hydrogens is 146 g/mol. The minimum Gasteiger partial charge on any atom is -0.477 e. The quantitative estimate of drug-likeness (QED) is 0.407. The van der Waals surface area contributed by atoms with E-state index in [1.807, 2.05) is 6.92 Å². The van der Waals surface area contributed by atoms with E-state index in [9.17, 15) is 4.79 Å². The van der Waals surface area contributed by atoms with Gasteiger partial charge in [-0.3, -0.25) is 0 Å². The monoisotopic (exact) mass is 159 g/mol. The summed E-state index contributed by atoms with van der Waals surface area (Å²) in [6.45, 7) is 3.29. The van der Waals surface area contributed by atoms with Gasteiger partial charge in [-0.05, 0) is 13.3 Å². The lowest BCUT2D eigenvalue weighted by Gasteiger charge is -2.08. The molecule has 3 N–H and O–H groups in total. The molecule has 0 fully saturated rings. The molecular formula is C7H13NO3. The van der Waals surface area contributed by atoms with Gasteiger partial charge in [-0.1, -0.05) is 13.0 Å². The molecule has 4 heteroatoms. The van der Waals surface area contributed by atoms with Crippen molar-refractivity contribution >= 4 is 5.97 Å². The van der Waals surface area contributed by atoms with Gasteiger partial charge in [0.1, 0.15) is 11.9 Å². The Morgan fingerprint density at radius 1 is 1.73 bits per heavy atom. The molecule has 0 aliphatic heterocycles. The normalized spacial score (nSPS) is 14.3. The Kier molecular flexibility index (Phi) is 4.29. The first-order chi connectivity index (χ1) is 5.07. The zero-order chi connectivity index (χ0) is 8.85. The summed E-state index contributed by atoms with van der Waals surface area (Å²) in [7, 11) is 0. The standard InChI is InChI=1S/C7H13NO3/c1-3-4-6(7(10)11)8-5(2)9/h4-5,8-9H,3H2,1-2H3,(H,10,11)/b6-4+. The van der Waals surface area contributed by atoms with Crippen LogP contribution in [0.3, 0.4) is 0 Å². The van der Waals surface area contributed by atoms with Gasteiger partial charge in [0.15, 0.2) is 0 Å². The Balaban J connectivity index is 4.12. The second kappa shape index (κ2) is 4.73. The number of nitrogens with one attached hydrogen (secondary N) is 1. The Labute approximate surface area is 65.5 Å². The van der Waals surface area contributed by atoms with Crippen LogP contribution in [-0.2, 0) is 4.79 Å². The van der Waals surface area contributed by atoms with Gasteiger partial charge >= 0.3 is 5.97 Å². The number of carbonyl (C=O) groups is 1. The van der Waals surface area contributed by atoms with Gasteiger partial charge in [0.2, 0.25) is 0 Å². The zero-order valence-corrected chi connectivity index (χ0v) is 6.66. The van der Waals surface area contributed by atoms with E-state index in [-0.39, 0.29) is 5.70 Å². The van der Waals surface area contributed by atoms with Crippen LogP contribution in [0.25, 0.3) is 0 Å². The number of rotatable bonds is 4. The number of carboxylic acids is 1. The fraction of sp³-hybridized carbons (Fsp3) is 0.571. The molecule has 0 rings (SSSR count).